The van der Waals surface area contributed by atoms with E-state index in [-0.39, 0.29) is 18.4 Å². The van der Waals surface area contributed by atoms with Crippen LogP contribution in [0.25, 0.3) is 0 Å². The number of hydrogen-bond acceptors (Lipinski definition) is 6. The lowest BCUT2D eigenvalue weighted by Crippen LogP contribution is -2.60. The summed E-state index contributed by atoms with van der Waals surface area (Å²) in [6, 6.07) is 9.17. The van der Waals surface area contributed by atoms with Gasteiger partial charge in [-0.3, -0.25) is 14.6 Å². The van der Waals surface area contributed by atoms with Crippen molar-refractivity contribution in [1.82, 2.24) is 24.5 Å². The summed E-state index contributed by atoms with van der Waals surface area (Å²) in [6.45, 7) is 4.53. The van der Waals surface area contributed by atoms with Crippen LogP contribution in [0.2, 0.25) is 0 Å². The van der Waals surface area contributed by atoms with Gasteiger partial charge in [0.1, 0.15) is 29.3 Å². The first-order chi connectivity index (χ1) is 14.5. The Hall–Kier alpha value is -3.93. The molecule has 0 bridgehead atoms. The minimum Gasteiger partial charge on any atom is -0.364 e. The van der Waals surface area contributed by atoms with Gasteiger partial charge in [0.15, 0.2) is 5.66 Å². The van der Waals surface area contributed by atoms with Crippen LogP contribution in [0, 0.1) is 25.2 Å². The molecule has 5 heterocycles. The predicted octanol–water partition coefficient (Wildman–Crippen LogP) is 1.82. The highest BCUT2D eigenvalue weighted by Gasteiger charge is 2.57. The van der Waals surface area contributed by atoms with E-state index in [1.54, 1.807) is 39.6 Å². The fourth-order valence-corrected chi connectivity index (χ4v) is 4.46. The van der Waals surface area contributed by atoms with E-state index in [9.17, 15) is 14.9 Å². The molecule has 0 spiro atoms. The number of fused-ring (bicyclic) bond motifs is 2. The zero-order valence-electron chi connectivity index (χ0n) is 16.5. The molecule has 0 N–H and O–H groups in total. The van der Waals surface area contributed by atoms with Crippen molar-refractivity contribution >= 4 is 11.8 Å². The molecule has 3 aromatic rings. The van der Waals surface area contributed by atoms with E-state index in [0.717, 1.165) is 5.69 Å². The quantitative estimate of drug-likeness (QED) is 0.647. The standard InChI is InChI=1S/C21H18N6O3/c1-13-3-4-15(10-23-13)21-12-25-16(9-22)5-6-18(25)20(29)27(21)8-7-26(21)19(28)17-11-30-24-14(17)2/h3-6,10-11H,7-8,12H2,1-2H3. The first-order valence-corrected chi connectivity index (χ1v) is 9.55. The highest BCUT2D eigenvalue weighted by molar-refractivity contribution is 5.99. The summed E-state index contributed by atoms with van der Waals surface area (Å²) in [5, 5.41) is 13.4. The van der Waals surface area contributed by atoms with Crippen molar-refractivity contribution in [3.63, 3.8) is 0 Å². The number of rotatable bonds is 2. The molecular formula is C21H18N6O3. The summed E-state index contributed by atoms with van der Waals surface area (Å²) in [7, 11) is 0. The second-order valence-corrected chi connectivity index (χ2v) is 7.53. The van der Waals surface area contributed by atoms with Crippen LogP contribution in [0.1, 0.15) is 43.5 Å². The maximum Gasteiger partial charge on any atom is 0.272 e. The van der Waals surface area contributed by atoms with Crippen molar-refractivity contribution in [2.45, 2.75) is 26.1 Å². The lowest BCUT2D eigenvalue weighted by Gasteiger charge is -2.47. The Morgan fingerprint density at radius 2 is 2.07 bits per heavy atom. The number of amides is 2. The summed E-state index contributed by atoms with van der Waals surface area (Å²) in [4.78, 5) is 34.7. The number of aryl methyl sites for hydroxylation is 2. The van der Waals surface area contributed by atoms with Gasteiger partial charge in [-0.15, -0.1) is 0 Å². The van der Waals surface area contributed by atoms with E-state index < -0.39 is 5.66 Å². The van der Waals surface area contributed by atoms with Crippen molar-refractivity contribution < 1.29 is 14.1 Å². The molecule has 2 amide bonds. The molecule has 30 heavy (non-hydrogen) atoms. The van der Waals surface area contributed by atoms with Gasteiger partial charge in [0, 0.05) is 30.5 Å². The number of hydrogen-bond donors (Lipinski definition) is 0. The number of carbonyl (C=O) groups excluding carboxylic acids is 2. The van der Waals surface area contributed by atoms with Crippen molar-refractivity contribution in [3.05, 3.63) is 70.6 Å². The van der Waals surface area contributed by atoms with Gasteiger partial charge in [0.05, 0.1) is 12.2 Å². The van der Waals surface area contributed by atoms with E-state index in [1.807, 2.05) is 19.1 Å². The average Bonchev–Trinajstić information content (AvgIpc) is 3.45. The molecule has 2 aliphatic heterocycles. The molecule has 1 unspecified atom stereocenters. The average molecular weight is 402 g/mol. The van der Waals surface area contributed by atoms with Gasteiger partial charge in [-0.2, -0.15) is 5.26 Å². The number of carbonyl (C=O) groups is 2. The lowest BCUT2D eigenvalue weighted by atomic mass is 9.94. The van der Waals surface area contributed by atoms with E-state index in [1.165, 1.54) is 6.26 Å². The number of pyridine rings is 1. The molecule has 2 aliphatic rings. The van der Waals surface area contributed by atoms with Gasteiger partial charge in [0.25, 0.3) is 11.8 Å². The minimum atomic E-state index is -1.10. The van der Waals surface area contributed by atoms with Crippen molar-refractivity contribution in [1.29, 1.82) is 5.26 Å². The smallest absolute Gasteiger partial charge is 0.272 e. The maximum absolute atomic E-state index is 13.5. The highest BCUT2D eigenvalue weighted by Crippen LogP contribution is 2.44. The van der Waals surface area contributed by atoms with E-state index in [4.69, 9.17) is 4.52 Å². The highest BCUT2D eigenvalue weighted by atomic mass is 16.5. The summed E-state index contributed by atoms with van der Waals surface area (Å²) in [6.07, 6.45) is 3.02. The molecule has 0 radical (unpaired) electrons. The normalized spacial score (nSPS) is 20.1. The lowest BCUT2D eigenvalue weighted by molar-refractivity contribution is -0.00630. The van der Waals surface area contributed by atoms with Crippen LogP contribution in [0.4, 0.5) is 0 Å². The zero-order valence-corrected chi connectivity index (χ0v) is 16.5. The van der Waals surface area contributed by atoms with Crippen LogP contribution in [0.5, 0.6) is 0 Å². The van der Waals surface area contributed by atoms with Gasteiger partial charge in [-0.25, -0.2) is 0 Å². The molecule has 0 saturated carbocycles. The van der Waals surface area contributed by atoms with Gasteiger partial charge in [-0.05, 0) is 32.0 Å². The zero-order chi connectivity index (χ0) is 21.0. The van der Waals surface area contributed by atoms with Crippen molar-refractivity contribution in [3.8, 4) is 6.07 Å². The van der Waals surface area contributed by atoms with Crippen LogP contribution >= 0.6 is 0 Å². The summed E-state index contributed by atoms with van der Waals surface area (Å²) < 4.78 is 6.66. The molecular weight excluding hydrogens is 384 g/mol. The third kappa shape index (κ3) is 2.27. The van der Waals surface area contributed by atoms with E-state index in [0.29, 0.717) is 41.3 Å². The van der Waals surface area contributed by atoms with Crippen molar-refractivity contribution in [2.75, 3.05) is 13.1 Å². The Bertz CT molecular complexity index is 1220. The third-order valence-electron chi connectivity index (χ3n) is 5.98. The second kappa shape index (κ2) is 6.29. The Kier molecular flexibility index (Phi) is 3.80. The predicted molar refractivity (Wildman–Crippen MR) is 103 cm³/mol. The van der Waals surface area contributed by atoms with Gasteiger partial charge >= 0.3 is 0 Å². The first-order valence-electron chi connectivity index (χ1n) is 9.55. The number of nitrogens with zero attached hydrogens (tertiary/aromatic N) is 6. The van der Waals surface area contributed by atoms with E-state index >= 15 is 0 Å². The second-order valence-electron chi connectivity index (χ2n) is 7.53. The fourth-order valence-electron chi connectivity index (χ4n) is 4.46. The van der Waals surface area contributed by atoms with Crippen molar-refractivity contribution in [2.24, 2.45) is 0 Å². The van der Waals surface area contributed by atoms with Crippen LogP contribution in [0.3, 0.4) is 0 Å². The van der Waals surface area contributed by atoms with Crippen LogP contribution < -0.4 is 0 Å². The first kappa shape index (κ1) is 18.1. The van der Waals surface area contributed by atoms with Crippen LogP contribution in [-0.2, 0) is 12.2 Å². The molecule has 1 atom stereocenters. The Labute approximate surface area is 172 Å². The molecule has 0 aliphatic carbocycles. The number of aromatic nitrogens is 3. The SMILES string of the molecule is Cc1ccc(C23Cn4c(C#N)ccc4C(=O)N2CCN3C(=O)c2conc2C)cn1. The topological polar surface area (TPSA) is 108 Å². The Morgan fingerprint density at radius 1 is 1.23 bits per heavy atom. The van der Waals surface area contributed by atoms with Crippen LogP contribution in [0.15, 0.2) is 41.2 Å². The molecule has 9 nitrogen and oxygen atoms in total. The third-order valence-corrected chi connectivity index (χ3v) is 5.98. The Morgan fingerprint density at radius 3 is 2.73 bits per heavy atom. The molecule has 0 aromatic carbocycles. The van der Waals surface area contributed by atoms with E-state index in [2.05, 4.69) is 16.2 Å². The largest absolute Gasteiger partial charge is 0.364 e. The summed E-state index contributed by atoms with van der Waals surface area (Å²) >= 11 is 0. The Balaban J connectivity index is 1.73. The summed E-state index contributed by atoms with van der Waals surface area (Å²) in [5.41, 5.74) is 2.09. The molecule has 1 fully saturated rings. The minimum absolute atomic E-state index is 0.222. The number of nitriles is 1. The van der Waals surface area contributed by atoms with Gasteiger partial charge in [-0.1, -0.05) is 11.2 Å². The maximum atomic E-state index is 13.5. The molecule has 5 rings (SSSR count). The monoisotopic (exact) mass is 402 g/mol. The molecule has 9 heteroatoms. The van der Waals surface area contributed by atoms with Gasteiger partial charge < -0.3 is 18.9 Å². The molecule has 3 aromatic heterocycles. The molecule has 150 valence electrons. The van der Waals surface area contributed by atoms with Crippen LogP contribution in [-0.4, -0.2) is 49.4 Å². The fraction of sp³-hybridized carbons (Fsp3) is 0.286. The molecule has 1 saturated heterocycles. The van der Waals surface area contributed by atoms with Gasteiger partial charge in [0.2, 0.25) is 0 Å². The summed E-state index contributed by atoms with van der Waals surface area (Å²) in [5.74, 6) is -0.501.